The number of hydrogen-bond acceptors (Lipinski definition) is 1. The second-order valence-corrected chi connectivity index (χ2v) is 5.11. The van der Waals surface area contributed by atoms with Gasteiger partial charge in [-0.25, -0.2) is 4.59 Å². The van der Waals surface area contributed by atoms with E-state index in [0.29, 0.717) is 0 Å². The molecule has 0 amide bonds. The fourth-order valence-electron chi connectivity index (χ4n) is 2.53. The predicted octanol–water partition coefficient (Wildman–Crippen LogP) is 1.87. The summed E-state index contributed by atoms with van der Waals surface area (Å²) in [6.45, 7) is 0. The van der Waals surface area contributed by atoms with Gasteiger partial charge < -0.3 is 0 Å². The summed E-state index contributed by atoms with van der Waals surface area (Å²) in [5.74, 6) is 1.84. The minimum atomic E-state index is 0.749. The molecule has 0 unspecified atom stereocenters. The van der Waals surface area contributed by atoms with Crippen molar-refractivity contribution in [2.24, 2.45) is 16.9 Å². The molecule has 2 bridgehead atoms. The van der Waals surface area contributed by atoms with Crippen LogP contribution in [0.25, 0.3) is 0 Å². The Morgan fingerprint density at radius 1 is 1.25 bits per heavy atom. The van der Waals surface area contributed by atoms with Gasteiger partial charge in [-0.1, -0.05) is 5.10 Å². The van der Waals surface area contributed by atoms with Crippen molar-refractivity contribution in [2.75, 3.05) is 21.1 Å². The third kappa shape index (κ3) is 1.53. The highest BCUT2D eigenvalue weighted by Crippen LogP contribution is 2.42. The molecular weight excluding hydrogens is 148 g/mol. The average molecular weight is 167 g/mol. The van der Waals surface area contributed by atoms with Crippen molar-refractivity contribution in [2.45, 2.75) is 25.7 Å². The first-order valence-corrected chi connectivity index (χ1v) is 4.95. The fourth-order valence-corrected chi connectivity index (χ4v) is 2.53. The van der Waals surface area contributed by atoms with E-state index in [-0.39, 0.29) is 0 Å². The number of fused-ring (bicyclic) bond motifs is 2. The second kappa shape index (κ2) is 2.56. The summed E-state index contributed by atoms with van der Waals surface area (Å²) >= 11 is 0. The number of rotatable bonds is 1. The van der Waals surface area contributed by atoms with Crippen LogP contribution < -0.4 is 0 Å². The Hall–Kier alpha value is -0.370. The highest BCUT2D eigenvalue weighted by molar-refractivity contribution is 5.89. The molecular formula is C10H19N2+. The minimum Gasteiger partial charge on any atom is -0.205 e. The van der Waals surface area contributed by atoms with Gasteiger partial charge in [-0.2, -0.15) is 0 Å². The molecule has 0 aliphatic heterocycles. The van der Waals surface area contributed by atoms with Crippen LogP contribution in [0.1, 0.15) is 25.7 Å². The molecule has 2 heteroatoms. The lowest BCUT2D eigenvalue weighted by Crippen LogP contribution is -2.30. The zero-order valence-electron chi connectivity index (χ0n) is 8.38. The molecule has 0 aromatic heterocycles. The second-order valence-electron chi connectivity index (χ2n) is 5.11. The molecule has 0 N–H and O–H groups in total. The van der Waals surface area contributed by atoms with Crippen LogP contribution in [0.15, 0.2) is 5.10 Å². The molecule has 0 aromatic carbocycles. The smallest absolute Gasteiger partial charge is 0.0923 e. The maximum atomic E-state index is 4.75. The molecule has 0 radical (unpaired) electrons. The minimum absolute atomic E-state index is 0.749. The van der Waals surface area contributed by atoms with Gasteiger partial charge in [0.05, 0.1) is 26.9 Å². The molecule has 2 atom stereocenters. The zero-order chi connectivity index (χ0) is 8.77. The van der Waals surface area contributed by atoms with Crippen LogP contribution in [0.5, 0.6) is 0 Å². The Balaban J connectivity index is 2.12. The van der Waals surface area contributed by atoms with E-state index < -0.39 is 0 Å². The van der Waals surface area contributed by atoms with Crippen LogP contribution in [0.4, 0.5) is 0 Å². The van der Waals surface area contributed by atoms with Crippen LogP contribution in [0.2, 0.25) is 0 Å². The number of quaternary nitrogens is 1. The van der Waals surface area contributed by atoms with Crippen LogP contribution in [-0.4, -0.2) is 31.4 Å². The van der Waals surface area contributed by atoms with Gasteiger partial charge in [0.25, 0.3) is 0 Å². The molecule has 2 aliphatic rings. The fraction of sp³-hybridized carbons (Fsp3) is 0.900. The third-order valence-corrected chi connectivity index (χ3v) is 2.94. The maximum Gasteiger partial charge on any atom is 0.0923 e. The summed E-state index contributed by atoms with van der Waals surface area (Å²) in [4.78, 5) is 0. The van der Waals surface area contributed by atoms with Crippen molar-refractivity contribution in [1.82, 2.24) is 0 Å². The van der Waals surface area contributed by atoms with Gasteiger partial charge in [0.1, 0.15) is 0 Å². The molecule has 0 spiro atoms. The van der Waals surface area contributed by atoms with E-state index in [1.807, 2.05) is 0 Å². The van der Waals surface area contributed by atoms with E-state index in [4.69, 9.17) is 5.10 Å². The Morgan fingerprint density at radius 3 is 2.42 bits per heavy atom. The van der Waals surface area contributed by atoms with Gasteiger partial charge in [0.2, 0.25) is 0 Å². The summed E-state index contributed by atoms with van der Waals surface area (Å²) in [6.07, 6.45) is 5.59. The Kier molecular flexibility index (Phi) is 1.76. The van der Waals surface area contributed by atoms with Gasteiger partial charge in [-0.3, -0.25) is 0 Å². The van der Waals surface area contributed by atoms with E-state index in [2.05, 4.69) is 21.1 Å². The van der Waals surface area contributed by atoms with E-state index >= 15 is 0 Å². The normalized spacial score (nSPS) is 38.1. The first-order valence-electron chi connectivity index (χ1n) is 4.95. The largest absolute Gasteiger partial charge is 0.205 e. The van der Waals surface area contributed by atoms with Crippen molar-refractivity contribution in [3.8, 4) is 0 Å². The van der Waals surface area contributed by atoms with E-state index in [1.54, 1.807) is 0 Å². The number of hydrogen-bond donors (Lipinski definition) is 0. The van der Waals surface area contributed by atoms with Gasteiger partial charge >= 0.3 is 0 Å². The lowest BCUT2D eigenvalue weighted by atomic mass is 9.99. The zero-order valence-corrected chi connectivity index (χ0v) is 8.38. The summed E-state index contributed by atoms with van der Waals surface area (Å²) in [5, 5.41) is 4.75. The van der Waals surface area contributed by atoms with Gasteiger partial charge in [0, 0.05) is 5.92 Å². The SMILES string of the molecule is C[N+](C)(C)/N=C1/C[C@H]2CC[C@@H]1C2. The van der Waals surface area contributed by atoms with Crippen LogP contribution >= 0.6 is 0 Å². The molecule has 2 nitrogen and oxygen atoms in total. The van der Waals surface area contributed by atoms with E-state index in [9.17, 15) is 0 Å². The van der Waals surface area contributed by atoms with Crippen molar-refractivity contribution >= 4 is 5.71 Å². The molecule has 2 aliphatic carbocycles. The molecule has 0 heterocycles. The Labute approximate surface area is 74.8 Å². The lowest BCUT2D eigenvalue weighted by Gasteiger charge is -2.19. The van der Waals surface area contributed by atoms with Crippen molar-refractivity contribution in [3.63, 3.8) is 0 Å². The Morgan fingerprint density at radius 2 is 2.00 bits per heavy atom. The molecule has 12 heavy (non-hydrogen) atoms. The summed E-state index contributed by atoms with van der Waals surface area (Å²) in [6, 6.07) is 0. The third-order valence-electron chi connectivity index (χ3n) is 2.94. The van der Waals surface area contributed by atoms with Gasteiger partial charge in [-0.05, 0) is 31.6 Å². The highest BCUT2D eigenvalue weighted by Gasteiger charge is 2.38. The van der Waals surface area contributed by atoms with Gasteiger partial charge in [0.15, 0.2) is 0 Å². The molecule has 2 fully saturated rings. The molecule has 68 valence electrons. The summed E-state index contributed by atoms with van der Waals surface area (Å²) < 4.78 is 0.749. The lowest BCUT2D eigenvalue weighted by molar-refractivity contribution is -0.877. The molecule has 2 saturated carbocycles. The van der Waals surface area contributed by atoms with Crippen molar-refractivity contribution in [3.05, 3.63) is 0 Å². The van der Waals surface area contributed by atoms with Crippen LogP contribution in [0, 0.1) is 11.8 Å². The summed E-state index contributed by atoms with van der Waals surface area (Å²) in [7, 11) is 6.41. The standard InChI is InChI=1S/C10H19N2/c1-12(2,3)11-10-7-8-4-5-9(10)6-8/h8-9H,4-7H2,1-3H3/q+1/b11-10-/t8-,9+/m0/s1. The van der Waals surface area contributed by atoms with Crippen LogP contribution in [-0.2, 0) is 0 Å². The topological polar surface area (TPSA) is 12.4 Å². The van der Waals surface area contributed by atoms with Crippen molar-refractivity contribution in [1.29, 1.82) is 0 Å². The highest BCUT2D eigenvalue weighted by atomic mass is 15.6. The first kappa shape index (κ1) is 8.24. The van der Waals surface area contributed by atoms with E-state index in [1.165, 1.54) is 31.4 Å². The van der Waals surface area contributed by atoms with Crippen molar-refractivity contribution < 1.29 is 4.59 Å². The monoisotopic (exact) mass is 167 g/mol. The Bertz CT molecular complexity index is 212. The van der Waals surface area contributed by atoms with E-state index in [0.717, 1.165) is 16.4 Å². The maximum absolute atomic E-state index is 4.75. The molecule has 0 saturated heterocycles. The quantitative estimate of drug-likeness (QED) is 0.417. The first-order chi connectivity index (χ1) is 5.54. The molecule has 0 aromatic rings. The van der Waals surface area contributed by atoms with Gasteiger partial charge in [-0.15, -0.1) is 0 Å². The summed E-state index contributed by atoms with van der Waals surface area (Å²) in [5.41, 5.74) is 1.50. The van der Waals surface area contributed by atoms with Crippen LogP contribution in [0.3, 0.4) is 0 Å². The number of nitrogens with zero attached hydrogens (tertiary/aromatic N) is 2. The average Bonchev–Trinajstić information content (AvgIpc) is 2.42. The molecule has 2 rings (SSSR count). The predicted molar refractivity (Wildman–Crippen MR) is 50.9 cm³/mol.